The molecular weight excluding hydrogens is 463 g/mol. The molecule has 186 valence electrons. The minimum absolute atomic E-state index is 0.0489. The van der Waals surface area contributed by atoms with Gasteiger partial charge in [-0.25, -0.2) is 8.78 Å². The molecule has 0 amide bonds. The quantitative estimate of drug-likeness (QED) is 0.374. The second-order valence-electron chi connectivity index (χ2n) is 9.82. The molecule has 1 heterocycles. The molecule has 2 aromatic carbocycles. The molecule has 1 fully saturated rings. The number of nitrogens with zero attached hydrogens (tertiary/aromatic N) is 2. The van der Waals surface area contributed by atoms with E-state index < -0.39 is 28.8 Å². The topological polar surface area (TPSA) is 38.0 Å². The van der Waals surface area contributed by atoms with Crippen molar-refractivity contribution in [3.63, 3.8) is 0 Å². The van der Waals surface area contributed by atoms with E-state index in [-0.39, 0.29) is 23.3 Å². The fourth-order valence-electron chi connectivity index (χ4n) is 4.15. The number of hydrogen-bond acceptors (Lipinski definition) is 2. The Hall–Kier alpha value is -3.00. The number of alkyl halides is 3. The van der Waals surface area contributed by atoms with Gasteiger partial charge in [-0.05, 0) is 68.5 Å². The van der Waals surface area contributed by atoms with Crippen molar-refractivity contribution in [1.29, 1.82) is 0 Å². The fourth-order valence-corrected chi connectivity index (χ4v) is 4.15. The molecule has 0 unspecified atom stereocenters. The van der Waals surface area contributed by atoms with Crippen LogP contribution in [0.2, 0.25) is 0 Å². The zero-order valence-electron chi connectivity index (χ0n) is 19.8. The van der Waals surface area contributed by atoms with Gasteiger partial charge in [-0.2, -0.15) is 18.3 Å². The predicted octanol–water partition coefficient (Wildman–Crippen LogP) is 6.71. The number of benzene rings is 2. The van der Waals surface area contributed by atoms with Crippen LogP contribution in [0.15, 0.2) is 48.5 Å². The standard InChI is InChI=1S/C27H27F5N2O/c1-17-11-24(33-34(17)15-19-5-4-6-20(12-19)26(16-35)9-10-26)23(29)14-18-7-8-21(22(28)13-18)25(2,3)27(30,31)32/h4-8,11-14,35H,9-10,15-16H2,1-3H3/b23-14-. The number of rotatable bonds is 7. The number of hydrogen-bond donors (Lipinski definition) is 1. The van der Waals surface area contributed by atoms with Gasteiger partial charge in [0.15, 0.2) is 5.83 Å². The van der Waals surface area contributed by atoms with Crippen molar-refractivity contribution in [2.24, 2.45) is 0 Å². The molecule has 1 N–H and O–H groups in total. The molecule has 0 atom stereocenters. The molecule has 0 bridgehead atoms. The highest BCUT2D eigenvalue weighted by Gasteiger charge is 2.49. The molecule has 8 heteroatoms. The van der Waals surface area contributed by atoms with E-state index in [0.717, 1.165) is 56.0 Å². The Morgan fingerprint density at radius 2 is 1.83 bits per heavy atom. The second-order valence-corrected chi connectivity index (χ2v) is 9.82. The van der Waals surface area contributed by atoms with Crippen LogP contribution >= 0.6 is 0 Å². The van der Waals surface area contributed by atoms with Gasteiger partial charge < -0.3 is 5.11 Å². The Bertz CT molecular complexity index is 1270. The summed E-state index contributed by atoms with van der Waals surface area (Å²) in [7, 11) is 0. The summed E-state index contributed by atoms with van der Waals surface area (Å²) in [5.74, 6) is -1.77. The maximum atomic E-state index is 14.9. The van der Waals surface area contributed by atoms with E-state index in [4.69, 9.17) is 0 Å². The average Bonchev–Trinajstić information content (AvgIpc) is 3.51. The van der Waals surface area contributed by atoms with E-state index in [1.54, 1.807) is 17.7 Å². The molecule has 4 rings (SSSR count). The third-order valence-electron chi connectivity index (χ3n) is 6.92. The van der Waals surface area contributed by atoms with Crippen LogP contribution in [-0.4, -0.2) is 27.7 Å². The minimum atomic E-state index is -4.63. The van der Waals surface area contributed by atoms with Crippen molar-refractivity contribution in [3.8, 4) is 0 Å². The summed E-state index contributed by atoms with van der Waals surface area (Å²) >= 11 is 0. The van der Waals surface area contributed by atoms with Crippen molar-refractivity contribution in [2.75, 3.05) is 6.61 Å². The number of aryl methyl sites for hydroxylation is 1. The number of aromatic nitrogens is 2. The smallest absolute Gasteiger partial charge is 0.395 e. The van der Waals surface area contributed by atoms with Crippen LogP contribution in [-0.2, 0) is 17.4 Å². The highest BCUT2D eigenvalue weighted by atomic mass is 19.4. The predicted molar refractivity (Wildman–Crippen MR) is 125 cm³/mol. The average molecular weight is 491 g/mol. The first-order valence-corrected chi connectivity index (χ1v) is 11.4. The van der Waals surface area contributed by atoms with Crippen LogP contribution in [0.25, 0.3) is 11.9 Å². The highest BCUT2D eigenvalue weighted by Crippen LogP contribution is 2.47. The first kappa shape index (κ1) is 25.1. The zero-order valence-corrected chi connectivity index (χ0v) is 19.8. The summed E-state index contributed by atoms with van der Waals surface area (Å²) < 4.78 is 70.9. The summed E-state index contributed by atoms with van der Waals surface area (Å²) in [5, 5.41) is 14.0. The molecule has 1 aromatic heterocycles. The van der Waals surface area contributed by atoms with Gasteiger partial charge in [0, 0.05) is 16.7 Å². The molecule has 3 nitrogen and oxygen atoms in total. The summed E-state index contributed by atoms with van der Waals surface area (Å²) in [6.45, 7) is 4.11. The SMILES string of the molecule is Cc1cc(/C(F)=C/c2ccc(C(C)(C)C(F)(F)F)c(F)c2)nn1Cc1cccc(C2(CO)CC2)c1. The molecular formula is C27H27F5N2O. The van der Waals surface area contributed by atoms with E-state index in [2.05, 4.69) is 5.10 Å². The monoisotopic (exact) mass is 490 g/mol. The summed E-state index contributed by atoms with van der Waals surface area (Å²) in [4.78, 5) is 0. The summed E-state index contributed by atoms with van der Waals surface area (Å²) in [5.41, 5.74) is -0.128. The Morgan fingerprint density at radius 1 is 1.11 bits per heavy atom. The van der Waals surface area contributed by atoms with Crippen molar-refractivity contribution >= 4 is 11.9 Å². The van der Waals surface area contributed by atoms with Crippen LogP contribution in [0, 0.1) is 12.7 Å². The van der Waals surface area contributed by atoms with E-state index in [1.165, 1.54) is 6.07 Å². The molecule has 1 aliphatic carbocycles. The normalized spacial score (nSPS) is 16.0. The Labute approximate surface area is 200 Å². The molecule has 35 heavy (non-hydrogen) atoms. The third kappa shape index (κ3) is 4.89. The number of halogens is 5. The van der Waals surface area contributed by atoms with Crippen molar-refractivity contribution in [3.05, 3.63) is 88.0 Å². The fraction of sp³-hybridized carbons (Fsp3) is 0.370. The second kappa shape index (κ2) is 8.90. The third-order valence-corrected chi connectivity index (χ3v) is 6.92. The molecule has 1 saturated carbocycles. The van der Waals surface area contributed by atoms with Crippen LogP contribution in [0.1, 0.15) is 60.3 Å². The van der Waals surface area contributed by atoms with Gasteiger partial charge in [0.25, 0.3) is 0 Å². The van der Waals surface area contributed by atoms with E-state index in [9.17, 15) is 27.1 Å². The lowest BCUT2D eigenvalue weighted by molar-refractivity contribution is -0.180. The summed E-state index contributed by atoms with van der Waals surface area (Å²) in [6.07, 6.45) is -1.68. The maximum absolute atomic E-state index is 14.9. The van der Waals surface area contributed by atoms with Crippen molar-refractivity contribution in [1.82, 2.24) is 9.78 Å². The van der Waals surface area contributed by atoms with Crippen LogP contribution in [0.3, 0.4) is 0 Å². The van der Waals surface area contributed by atoms with Crippen LogP contribution in [0.5, 0.6) is 0 Å². The Balaban J connectivity index is 1.55. The van der Waals surface area contributed by atoms with E-state index in [1.807, 2.05) is 24.3 Å². The first-order chi connectivity index (χ1) is 16.4. The molecule has 0 saturated heterocycles. The van der Waals surface area contributed by atoms with Crippen molar-refractivity contribution < 1.29 is 27.1 Å². The Kier molecular flexibility index (Phi) is 6.38. The van der Waals surface area contributed by atoms with E-state index in [0.29, 0.717) is 12.2 Å². The molecule has 1 aliphatic rings. The zero-order chi connectivity index (χ0) is 25.6. The van der Waals surface area contributed by atoms with E-state index >= 15 is 0 Å². The molecule has 0 spiro atoms. The Morgan fingerprint density at radius 3 is 2.43 bits per heavy atom. The highest BCUT2D eigenvalue weighted by molar-refractivity contribution is 5.75. The summed E-state index contributed by atoms with van der Waals surface area (Å²) in [6, 6.07) is 12.7. The molecule has 0 radical (unpaired) electrons. The van der Waals surface area contributed by atoms with Gasteiger partial charge in [0.2, 0.25) is 0 Å². The lowest BCUT2D eigenvalue weighted by Crippen LogP contribution is -2.37. The number of aliphatic hydroxyl groups is 1. The van der Waals surface area contributed by atoms with Gasteiger partial charge in [0.05, 0.1) is 18.6 Å². The van der Waals surface area contributed by atoms with Gasteiger partial charge in [-0.15, -0.1) is 0 Å². The number of aliphatic hydroxyl groups excluding tert-OH is 1. The molecule has 3 aromatic rings. The van der Waals surface area contributed by atoms with Crippen molar-refractivity contribution in [2.45, 2.75) is 57.2 Å². The lowest BCUT2D eigenvalue weighted by Gasteiger charge is -2.28. The minimum Gasteiger partial charge on any atom is -0.395 e. The maximum Gasteiger partial charge on any atom is 0.398 e. The van der Waals surface area contributed by atoms with Gasteiger partial charge in [-0.3, -0.25) is 4.68 Å². The van der Waals surface area contributed by atoms with Gasteiger partial charge >= 0.3 is 6.18 Å². The lowest BCUT2D eigenvalue weighted by atomic mass is 9.83. The molecule has 0 aliphatic heterocycles. The van der Waals surface area contributed by atoms with Gasteiger partial charge in [-0.1, -0.05) is 36.4 Å². The largest absolute Gasteiger partial charge is 0.398 e. The van der Waals surface area contributed by atoms with Gasteiger partial charge in [0.1, 0.15) is 11.5 Å². The van der Waals surface area contributed by atoms with Crippen LogP contribution < -0.4 is 0 Å². The van der Waals surface area contributed by atoms with Crippen LogP contribution in [0.4, 0.5) is 22.0 Å². The first-order valence-electron chi connectivity index (χ1n) is 11.4.